The number of amides is 1. The minimum atomic E-state index is -0.346. The highest BCUT2D eigenvalue weighted by molar-refractivity contribution is 8.00. The number of hydrogen-bond acceptors (Lipinski definition) is 5. The summed E-state index contributed by atoms with van der Waals surface area (Å²) in [5.74, 6) is 0.0817. The van der Waals surface area contributed by atoms with Gasteiger partial charge < -0.3 is 0 Å². The number of para-hydroxylation sites is 1. The number of halogens is 1. The van der Waals surface area contributed by atoms with Crippen LogP contribution in [0.15, 0.2) is 58.2 Å². The molecular weight excluding hydrogens is 384 g/mol. The van der Waals surface area contributed by atoms with Crippen molar-refractivity contribution in [3.8, 4) is 0 Å². The van der Waals surface area contributed by atoms with Gasteiger partial charge in [0, 0.05) is 16.5 Å². The molecular formula is C19H19ClN4O2S. The van der Waals surface area contributed by atoms with Gasteiger partial charge in [-0.05, 0) is 50.2 Å². The lowest BCUT2D eigenvalue weighted by Gasteiger charge is -2.16. The molecule has 1 atom stereocenters. The van der Waals surface area contributed by atoms with Crippen molar-refractivity contribution in [2.45, 2.75) is 30.5 Å². The Kier molecular flexibility index (Phi) is 6.03. The van der Waals surface area contributed by atoms with Gasteiger partial charge in [0.25, 0.3) is 11.5 Å². The number of carbonyl (C=O) groups is 1. The van der Waals surface area contributed by atoms with E-state index >= 15 is 0 Å². The predicted molar refractivity (Wildman–Crippen MR) is 110 cm³/mol. The Morgan fingerprint density at radius 3 is 2.63 bits per heavy atom. The van der Waals surface area contributed by atoms with Crippen molar-refractivity contribution in [2.24, 2.45) is 0 Å². The monoisotopic (exact) mass is 402 g/mol. The van der Waals surface area contributed by atoms with Gasteiger partial charge in [-0.2, -0.15) is 0 Å². The lowest BCUT2D eigenvalue weighted by atomic mass is 10.2. The van der Waals surface area contributed by atoms with Crippen molar-refractivity contribution >= 4 is 46.1 Å². The van der Waals surface area contributed by atoms with E-state index < -0.39 is 0 Å². The molecule has 140 valence electrons. The van der Waals surface area contributed by atoms with Crippen LogP contribution in [0.25, 0.3) is 10.9 Å². The first kappa shape index (κ1) is 19.3. The summed E-state index contributed by atoms with van der Waals surface area (Å²) in [6, 6.07) is 14.4. The summed E-state index contributed by atoms with van der Waals surface area (Å²) < 4.78 is 1.49. The highest BCUT2D eigenvalue weighted by atomic mass is 35.5. The Balaban J connectivity index is 1.72. The van der Waals surface area contributed by atoms with Crippen molar-refractivity contribution in [3.63, 3.8) is 0 Å². The van der Waals surface area contributed by atoms with Gasteiger partial charge in [-0.15, -0.1) is 11.8 Å². The molecule has 0 radical (unpaired) electrons. The predicted octanol–water partition coefficient (Wildman–Crippen LogP) is 3.69. The van der Waals surface area contributed by atoms with Gasteiger partial charge in [-0.3, -0.25) is 25.0 Å². The van der Waals surface area contributed by atoms with E-state index in [9.17, 15) is 9.59 Å². The molecule has 3 aromatic rings. The van der Waals surface area contributed by atoms with Crippen LogP contribution in [-0.4, -0.2) is 20.7 Å². The summed E-state index contributed by atoms with van der Waals surface area (Å²) >= 11 is 7.29. The van der Waals surface area contributed by atoms with Crippen molar-refractivity contribution in [1.29, 1.82) is 0 Å². The van der Waals surface area contributed by atoms with E-state index in [2.05, 4.69) is 15.8 Å². The van der Waals surface area contributed by atoms with Crippen LogP contribution in [0.5, 0.6) is 0 Å². The van der Waals surface area contributed by atoms with Gasteiger partial charge in [0.1, 0.15) is 0 Å². The zero-order chi connectivity index (χ0) is 19.4. The number of nitrogens with zero attached hydrogens (tertiary/aromatic N) is 2. The molecule has 2 aromatic carbocycles. The third-order valence-corrected chi connectivity index (χ3v) is 5.34. The quantitative estimate of drug-likeness (QED) is 0.485. The Hall–Kier alpha value is -2.51. The average Bonchev–Trinajstić information content (AvgIpc) is 2.68. The third kappa shape index (κ3) is 4.43. The molecule has 27 heavy (non-hydrogen) atoms. The molecule has 0 saturated heterocycles. The second-order valence-corrected chi connectivity index (χ2v) is 7.68. The van der Waals surface area contributed by atoms with Crippen LogP contribution >= 0.6 is 23.4 Å². The van der Waals surface area contributed by atoms with E-state index in [1.165, 1.54) is 16.3 Å². The Morgan fingerprint density at radius 2 is 1.93 bits per heavy atom. The number of hydrazine groups is 1. The molecule has 1 unspecified atom stereocenters. The van der Waals surface area contributed by atoms with Gasteiger partial charge in [-0.1, -0.05) is 23.7 Å². The summed E-state index contributed by atoms with van der Waals surface area (Å²) in [7, 11) is 0. The maximum absolute atomic E-state index is 12.6. The van der Waals surface area contributed by atoms with E-state index in [1.807, 2.05) is 25.1 Å². The number of fused-ring (bicyclic) bond motifs is 1. The summed E-state index contributed by atoms with van der Waals surface area (Å²) in [5.41, 5.74) is 5.86. The summed E-state index contributed by atoms with van der Waals surface area (Å²) in [6.45, 7) is 4.09. The molecule has 0 spiro atoms. The van der Waals surface area contributed by atoms with E-state index in [4.69, 9.17) is 11.6 Å². The first-order valence-electron chi connectivity index (χ1n) is 8.47. The average molecular weight is 403 g/mol. The molecule has 8 heteroatoms. The van der Waals surface area contributed by atoms with Gasteiger partial charge in [0.15, 0.2) is 0 Å². The molecule has 1 amide bonds. The topological polar surface area (TPSA) is 76.0 Å². The molecule has 1 heterocycles. The largest absolute Gasteiger partial charge is 0.277 e. The van der Waals surface area contributed by atoms with Gasteiger partial charge in [-0.25, -0.2) is 4.98 Å². The van der Waals surface area contributed by atoms with Crippen molar-refractivity contribution in [3.05, 3.63) is 63.9 Å². The Labute approximate surface area is 165 Å². The third-order valence-electron chi connectivity index (χ3n) is 3.97. The molecule has 0 aliphatic heterocycles. The van der Waals surface area contributed by atoms with Gasteiger partial charge in [0.05, 0.1) is 16.2 Å². The fraction of sp³-hybridized carbons (Fsp3) is 0.211. The molecule has 0 fully saturated rings. The SMILES string of the molecule is CCn1c(NNC(=O)C(C)Sc2ccc(Cl)cc2)nc2ccccc2c1=O. The van der Waals surface area contributed by atoms with E-state index in [1.54, 1.807) is 37.3 Å². The van der Waals surface area contributed by atoms with Crippen molar-refractivity contribution in [2.75, 3.05) is 5.43 Å². The number of nitrogens with one attached hydrogen (secondary N) is 2. The normalized spacial score (nSPS) is 12.0. The molecule has 6 nitrogen and oxygen atoms in total. The Bertz CT molecular complexity index is 1020. The fourth-order valence-corrected chi connectivity index (χ4v) is 3.54. The van der Waals surface area contributed by atoms with Crippen LogP contribution in [0, 0.1) is 0 Å². The van der Waals surface area contributed by atoms with Crippen LogP contribution < -0.4 is 16.4 Å². The molecule has 0 aliphatic rings. The molecule has 1 aromatic heterocycles. The summed E-state index contributed by atoms with van der Waals surface area (Å²) in [6.07, 6.45) is 0. The van der Waals surface area contributed by atoms with Crippen molar-refractivity contribution in [1.82, 2.24) is 15.0 Å². The van der Waals surface area contributed by atoms with E-state index in [0.717, 1.165) is 4.90 Å². The second kappa shape index (κ2) is 8.45. The zero-order valence-corrected chi connectivity index (χ0v) is 16.5. The highest BCUT2D eigenvalue weighted by Crippen LogP contribution is 2.24. The fourth-order valence-electron chi connectivity index (χ4n) is 2.55. The van der Waals surface area contributed by atoms with Crippen LogP contribution in [-0.2, 0) is 11.3 Å². The second-order valence-electron chi connectivity index (χ2n) is 5.83. The van der Waals surface area contributed by atoms with Gasteiger partial charge in [0.2, 0.25) is 5.95 Å². The van der Waals surface area contributed by atoms with Gasteiger partial charge >= 0.3 is 0 Å². The van der Waals surface area contributed by atoms with Crippen LogP contribution in [0.1, 0.15) is 13.8 Å². The number of rotatable bonds is 6. The number of thioether (sulfide) groups is 1. The molecule has 0 bridgehead atoms. The minimum Gasteiger partial charge on any atom is -0.277 e. The van der Waals surface area contributed by atoms with Crippen molar-refractivity contribution < 1.29 is 4.79 Å². The first-order valence-corrected chi connectivity index (χ1v) is 9.73. The van der Waals surface area contributed by atoms with Crippen LogP contribution in [0.4, 0.5) is 5.95 Å². The van der Waals surface area contributed by atoms with E-state index in [-0.39, 0.29) is 16.7 Å². The van der Waals surface area contributed by atoms with E-state index in [0.29, 0.717) is 28.4 Å². The number of hydrogen-bond donors (Lipinski definition) is 2. The maximum Gasteiger partial charge on any atom is 0.262 e. The molecule has 0 saturated carbocycles. The summed E-state index contributed by atoms with van der Waals surface area (Å²) in [5, 5.41) is 0.849. The number of aromatic nitrogens is 2. The first-order chi connectivity index (χ1) is 13.0. The van der Waals surface area contributed by atoms with Crippen LogP contribution in [0.2, 0.25) is 5.02 Å². The standard InChI is InChI=1S/C19H19ClN4O2S/c1-3-24-18(26)15-6-4-5-7-16(15)21-19(24)23-22-17(25)12(2)27-14-10-8-13(20)9-11-14/h4-12H,3H2,1-2H3,(H,21,23)(H,22,25). The Morgan fingerprint density at radius 1 is 1.22 bits per heavy atom. The molecule has 2 N–H and O–H groups in total. The zero-order valence-electron chi connectivity index (χ0n) is 14.9. The lowest BCUT2D eigenvalue weighted by molar-refractivity contribution is -0.119. The minimum absolute atomic E-state index is 0.150. The number of benzene rings is 2. The smallest absolute Gasteiger partial charge is 0.262 e. The summed E-state index contributed by atoms with van der Waals surface area (Å²) in [4.78, 5) is 30.4. The lowest BCUT2D eigenvalue weighted by Crippen LogP contribution is -2.38. The number of anilines is 1. The molecule has 3 rings (SSSR count). The number of carbonyl (C=O) groups excluding carboxylic acids is 1. The highest BCUT2D eigenvalue weighted by Gasteiger charge is 2.16. The maximum atomic E-state index is 12.6. The van der Waals surface area contributed by atoms with Crippen LogP contribution in [0.3, 0.4) is 0 Å². The molecule has 0 aliphatic carbocycles.